The molecule has 1 heterocycles. The first-order valence-electron chi connectivity index (χ1n) is 7.63. The van der Waals surface area contributed by atoms with Crippen molar-refractivity contribution in [3.05, 3.63) is 72.7 Å². The van der Waals surface area contributed by atoms with Crippen LogP contribution in [-0.4, -0.2) is 15.5 Å². The smallest absolute Gasteiger partial charge is 0.247 e. The zero-order valence-electron chi connectivity index (χ0n) is 13.7. The molecule has 2 aromatic carbocycles. The molecule has 0 spiro atoms. The quantitative estimate of drug-likeness (QED) is 0.659. The minimum absolute atomic E-state index is 0.259. The summed E-state index contributed by atoms with van der Waals surface area (Å²) in [6.45, 7) is 3.47. The second-order valence-corrected chi connectivity index (χ2v) is 5.95. The average Bonchev–Trinajstić information content (AvgIpc) is 3.04. The van der Waals surface area contributed by atoms with E-state index < -0.39 is 0 Å². The van der Waals surface area contributed by atoms with Gasteiger partial charge in [-0.1, -0.05) is 18.2 Å². The molecule has 0 radical (unpaired) electrons. The Morgan fingerprint density at radius 3 is 2.56 bits per heavy atom. The normalized spacial score (nSPS) is 10.3. The second-order valence-electron chi connectivity index (χ2n) is 5.51. The van der Waals surface area contributed by atoms with Crippen LogP contribution in [0.2, 0.25) is 5.02 Å². The molecule has 0 aliphatic heterocycles. The van der Waals surface area contributed by atoms with Crippen molar-refractivity contribution in [2.24, 2.45) is 7.05 Å². The van der Waals surface area contributed by atoms with Gasteiger partial charge in [-0.2, -0.15) is 0 Å². The fourth-order valence-corrected chi connectivity index (χ4v) is 2.50. The molecule has 0 aliphatic carbocycles. The van der Waals surface area contributed by atoms with Crippen LogP contribution < -0.4 is 10.6 Å². The van der Waals surface area contributed by atoms with Crippen LogP contribution in [0.25, 0.3) is 11.3 Å². The highest BCUT2D eigenvalue weighted by atomic mass is 35.5. The maximum Gasteiger partial charge on any atom is 0.247 e. The zero-order chi connectivity index (χ0) is 17.8. The van der Waals surface area contributed by atoms with Gasteiger partial charge in [0.25, 0.3) is 0 Å². The van der Waals surface area contributed by atoms with E-state index in [0.717, 1.165) is 22.6 Å². The van der Waals surface area contributed by atoms with Gasteiger partial charge in [0.1, 0.15) is 0 Å². The van der Waals surface area contributed by atoms with Crippen LogP contribution in [0.4, 0.5) is 17.1 Å². The Bertz CT molecular complexity index is 915. The van der Waals surface area contributed by atoms with E-state index >= 15 is 0 Å². The first-order valence-corrected chi connectivity index (χ1v) is 8.01. The maximum absolute atomic E-state index is 11.6. The van der Waals surface area contributed by atoms with Gasteiger partial charge in [0.15, 0.2) is 0 Å². The van der Waals surface area contributed by atoms with Gasteiger partial charge in [0.2, 0.25) is 5.91 Å². The first kappa shape index (κ1) is 16.8. The fourth-order valence-electron chi connectivity index (χ4n) is 2.38. The zero-order valence-corrected chi connectivity index (χ0v) is 14.4. The molecule has 1 amide bonds. The molecular formula is C19H17ClN4O. The minimum atomic E-state index is -0.259. The summed E-state index contributed by atoms with van der Waals surface area (Å²) in [5, 5.41) is 6.81. The molecule has 3 rings (SSSR count). The van der Waals surface area contributed by atoms with E-state index in [4.69, 9.17) is 11.6 Å². The summed E-state index contributed by atoms with van der Waals surface area (Å²) in [5.41, 5.74) is 4.13. The topological polar surface area (TPSA) is 59.0 Å². The Morgan fingerprint density at radius 2 is 1.92 bits per heavy atom. The lowest BCUT2D eigenvalue weighted by Crippen LogP contribution is -2.07. The number of hydrogen-bond donors (Lipinski definition) is 2. The van der Waals surface area contributed by atoms with Gasteiger partial charge in [-0.05, 0) is 48.5 Å². The Kier molecular flexibility index (Phi) is 4.86. The Hall–Kier alpha value is -3.05. The summed E-state index contributed by atoms with van der Waals surface area (Å²) in [6.07, 6.45) is 4.89. The van der Waals surface area contributed by atoms with E-state index in [9.17, 15) is 4.79 Å². The summed E-state index contributed by atoms with van der Waals surface area (Å²) in [5.74, 6) is -0.259. The highest BCUT2D eigenvalue weighted by Gasteiger charge is 2.10. The number of hydrogen-bond acceptors (Lipinski definition) is 3. The number of carbonyl (C=O) groups excluding carboxylic acids is 1. The van der Waals surface area contributed by atoms with Crippen molar-refractivity contribution in [2.75, 3.05) is 10.6 Å². The summed E-state index contributed by atoms with van der Waals surface area (Å²) in [6, 6.07) is 13.0. The van der Waals surface area contributed by atoms with Crippen molar-refractivity contribution in [3.63, 3.8) is 0 Å². The largest absolute Gasteiger partial charge is 0.355 e. The van der Waals surface area contributed by atoms with Gasteiger partial charge >= 0.3 is 0 Å². The minimum Gasteiger partial charge on any atom is -0.355 e. The number of nitrogens with one attached hydrogen (secondary N) is 2. The Morgan fingerprint density at radius 1 is 1.20 bits per heavy atom. The van der Waals surface area contributed by atoms with Crippen molar-refractivity contribution < 1.29 is 4.79 Å². The number of rotatable bonds is 5. The van der Waals surface area contributed by atoms with Crippen molar-refractivity contribution in [1.29, 1.82) is 0 Å². The van der Waals surface area contributed by atoms with E-state index in [1.165, 1.54) is 6.08 Å². The molecule has 3 aromatic rings. The summed E-state index contributed by atoms with van der Waals surface area (Å²) < 4.78 is 1.87. The van der Waals surface area contributed by atoms with Crippen LogP contribution >= 0.6 is 11.6 Å². The molecule has 0 aliphatic rings. The Labute approximate surface area is 151 Å². The molecule has 0 saturated carbocycles. The summed E-state index contributed by atoms with van der Waals surface area (Å²) >= 11 is 5.94. The van der Waals surface area contributed by atoms with Gasteiger partial charge in [0, 0.05) is 40.9 Å². The fraction of sp³-hybridized carbons (Fsp3) is 0.0526. The lowest BCUT2D eigenvalue weighted by atomic mass is 10.1. The molecule has 0 saturated heterocycles. The van der Waals surface area contributed by atoms with Crippen molar-refractivity contribution in [1.82, 2.24) is 9.55 Å². The third-order valence-corrected chi connectivity index (χ3v) is 3.83. The van der Waals surface area contributed by atoms with E-state index in [0.29, 0.717) is 10.7 Å². The number of benzene rings is 2. The van der Waals surface area contributed by atoms with E-state index in [1.54, 1.807) is 6.33 Å². The molecule has 0 bridgehead atoms. The molecule has 5 nitrogen and oxygen atoms in total. The van der Waals surface area contributed by atoms with Crippen LogP contribution in [0.15, 0.2) is 67.6 Å². The predicted molar refractivity (Wildman–Crippen MR) is 102 cm³/mol. The van der Waals surface area contributed by atoms with Crippen LogP contribution in [-0.2, 0) is 11.8 Å². The standard InChI is InChI=1S/C19H17ClN4O/c1-3-19(25)23-15-8-9-17(22-14-6-4-13(20)5-7-14)16(10-15)18-11-24(2)12-21-18/h3-12,22H,1H2,2H3,(H,23,25). The van der Waals surface area contributed by atoms with Gasteiger partial charge in [-0.15, -0.1) is 0 Å². The van der Waals surface area contributed by atoms with Crippen LogP contribution in [0.1, 0.15) is 0 Å². The third-order valence-electron chi connectivity index (χ3n) is 3.58. The number of halogens is 1. The lowest BCUT2D eigenvalue weighted by Gasteiger charge is -2.13. The number of carbonyl (C=O) groups is 1. The molecule has 2 N–H and O–H groups in total. The van der Waals surface area contributed by atoms with Crippen LogP contribution in [0, 0.1) is 0 Å². The Balaban J connectivity index is 1.99. The lowest BCUT2D eigenvalue weighted by molar-refractivity contribution is -0.111. The van der Waals surface area contributed by atoms with Crippen molar-refractivity contribution in [2.45, 2.75) is 0 Å². The molecule has 0 atom stereocenters. The van der Waals surface area contributed by atoms with Crippen molar-refractivity contribution in [3.8, 4) is 11.3 Å². The van der Waals surface area contributed by atoms with E-state index in [2.05, 4.69) is 22.2 Å². The number of nitrogens with zero attached hydrogens (tertiary/aromatic N) is 2. The second kappa shape index (κ2) is 7.23. The van der Waals surface area contributed by atoms with E-state index in [-0.39, 0.29) is 5.91 Å². The third kappa shape index (κ3) is 4.08. The summed E-state index contributed by atoms with van der Waals surface area (Å²) in [7, 11) is 1.91. The average molecular weight is 353 g/mol. The highest BCUT2D eigenvalue weighted by molar-refractivity contribution is 6.30. The van der Waals surface area contributed by atoms with Crippen molar-refractivity contribution >= 4 is 34.6 Å². The van der Waals surface area contributed by atoms with Gasteiger partial charge in [0.05, 0.1) is 12.0 Å². The van der Waals surface area contributed by atoms with Gasteiger partial charge in [-0.3, -0.25) is 4.79 Å². The SMILES string of the molecule is C=CC(=O)Nc1ccc(Nc2ccc(Cl)cc2)c(-c2cn(C)cn2)c1. The van der Waals surface area contributed by atoms with Gasteiger partial charge < -0.3 is 15.2 Å². The molecule has 6 heteroatoms. The first-order chi connectivity index (χ1) is 12.0. The molecule has 0 fully saturated rings. The number of aryl methyl sites for hydroxylation is 1. The molecular weight excluding hydrogens is 336 g/mol. The molecule has 1 aromatic heterocycles. The summed E-state index contributed by atoms with van der Waals surface area (Å²) in [4.78, 5) is 16.0. The maximum atomic E-state index is 11.6. The van der Waals surface area contributed by atoms with E-state index in [1.807, 2.05) is 60.3 Å². The number of amides is 1. The number of imidazole rings is 1. The molecule has 0 unspecified atom stereocenters. The van der Waals surface area contributed by atoms with Crippen LogP contribution in [0.5, 0.6) is 0 Å². The molecule has 25 heavy (non-hydrogen) atoms. The molecule has 126 valence electrons. The monoisotopic (exact) mass is 352 g/mol. The van der Waals surface area contributed by atoms with Crippen LogP contribution in [0.3, 0.4) is 0 Å². The predicted octanol–water partition coefficient (Wildman–Crippen LogP) is 4.61. The number of aromatic nitrogens is 2. The highest BCUT2D eigenvalue weighted by Crippen LogP contribution is 2.32. The van der Waals surface area contributed by atoms with Gasteiger partial charge in [-0.25, -0.2) is 4.98 Å². The number of anilines is 3.